The fraction of sp³-hybridized carbons (Fsp3) is 0.0435. The molecule has 0 spiro atoms. The molecule has 0 aromatic heterocycles. The highest BCUT2D eigenvalue weighted by Gasteiger charge is 2.24. The van der Waals surface area contributed by atoms with Gasteiger partial charge in [-0.1, -0.05) is 76.7 Å². The number of rotatable bonds is 5. The van der Waals surface area contributed by atoms with Crippen LogP contribution in [0.2, 0.25) is 20.1 Å². The van der Waals surface area contributed by atoms with E-state index in [1.165, 1.54) is 11.8 Å². The monoisotopic (exact) mass is 522 g/mol. The van der Waals surface area contributed by atoms with Crippen molar-refractivity contribution in [3.63, 3.8) is 0 Å². The molecule has 0 unspecified atom stereocenters. The average molecular weight is 524 g/mol. The van der Waals surface area contributed by atoms with E-state index in [9.17, 15) is 4.79 Å². The summed E-state index contributed by atoms with van der Waals surface area (Å²) < 4.78 is 5.97. The SMILES string of the molecule is O=C1NC(=Nc2cccc(Cl)c2Cl)S/C1=C/c1ccccc1OCc1ccc(Cl)c(Cl)c1. The summed E-state index contributed by atoms with van der Waals surface area (Å²) >= 11 is 25.5. The second kappa shape index (κ2) is 10.2. The molecule has 3 aromatic carbocycles. The molecule has 9 heteroatoms. The molecule has 4 rings (SSSR count). The van der Waals surface area contributed by atoms with Crippen molar-refractivity contribution >= 4 is 81.0 Å². The first-order valence-corrected chi connectivity index (χ1v) is 11.6. The van der Waals surface area contributed by atoms with Crippen LogP contribution in [0.25, 0.3) is 6.08 Å². The molecule has 1 aliphatic heterocycles. The molecule has 1 N–H and O–H groups in total. The van der Waals surface area contributed by atoms with Crippen LogP contribution in [0.4, 0.5) is 5.69 Å². The lowest BCUT2D eigenvalue weighted by atomic mass is 10.2. The van der Waals surface area contributed by atoms with E-state index in [0.717, 1.165) is 11.1 Å². The van der Waals surface area contributed by atoms with Crippen molar-refractivity contribution in [2.75, 3.05) is 0 Å². The van der Waals surface area contributed by atoms with Gasteiger partial charge >= 0.3 is 0 Å². The van der Waals surface area contributed by atoms with Gasteiger partial charge in [0.15, 0.2) is 5.17 Å². The van der Waals surface area contributed by atoms with Crippen molar-refractivity contribution in [1.82, 2.24) is 5.32 Å². The van der Waals surface area contributed by atoms with E-state index in [1.54, 1.807) is 36.4 Å². The molecule has 0 aliphatic carbocycles. The molecule has 162 valence electrons. The topological polar surface area (TPSA) is 50.7 Å². The summed E-state index contributed by atoms with van der Waals surface area (Å²) in [5, 5.41) is 4.84. The van der Waals surface area contributed by atoms with Crippen molar-refractivity contribution in [1.29, 1.82) is 0 Å². The van der Waals surface area contributed by atoms with E-state index in [1.807, 2.05) is 30.3 Å². The number of aliphatic imine (C=N–C) groups is 1. The zero-order valence-electron chi connectivity index (χ0n) is 16.2. The van der Waals surface area contributed by atoms with Crippen molar-refractivity contribution in [2.24, 2.45) is 4.99 Å². The Morgan fingerprint density at radius 3 is 2.56 bits per heavy atom. The normalized spacial score (nSPS) is 15.9. The Morgan fingerprint density at radius 2 is 1.75 bits per heavy atom. The predicted octanol–water partition coefficient (Wildman–Crippen LogP) is 7.77. The maximum Gasteiger partial charge on any atom is 0.264 e. The van der Waals surface area contributed by atoms with Gasteiger partial charge in [0.1, 0.15) is 12.4 Å². The van der Waals surface area contributed by atoms with Gasteiger partial charge in [-0.15, -0.1) is 0 Å². The van der Waals surface area contributed by atoms with Gasteiger partial charge in [-0.2, -0.15) is 0 Å². The van der Waals surface area contributed by atoms with E-state index >= 15 is 0 Å². The van der Waals surface area contributed by atoms with Crippen LogP contribution in [0, 0.1) is 0 Å². The Hall–Kier alpha value is -2.15. The minimum absolute atomic E-state index is 0.258. The predicted molar refractivity (Wildman–Crippen MR) is 135 cm³/mol. The lowest BCUT2D eigenvalue weighted by Gasteiger charge is -2.10. The molecule has 4 nitrogen and oxygen atoms in total. The number of carbonyl (C=O) groups excluding carboxylic acids is 1. The number of ether oxygens (including phenoxy) is 1. The Balaban J connectivity index is 1.54. The summed E-state index contributed by atoms with van der Waals surface area (Å²) in [5.74, 6) is 0.369. The first-order chi connectivity index (χ1) is 15.4. The molecule has 0 saturated carbocycles. The smallest absolute Gasteiger partial charge is 0.264 e. The summed E-state index contributed by atoms with van der Waals surface area (Å²) in [6.07, 6.45) is 1.76. The maximum atomic E-state index is 12.5. The van der Waals surface area contributed by atoms with E-state index in [0.29, 0.717) is 48.2 Å². The Bertz CT molecular complexity index is 1260. The first-order valence-electron chi connectivity index (χ1n) is 9.30. The quantitative estimate of drug-likeness (QED) is 0.347. The highest BCUT2D eigenvalue weighted by Crippen LogP contribution is 2.35. The minimum Gasteiger partial charge on any atom is -0.488 e. The van der Waals surface area contributed by atoms with Gasteiger partial charge in [-0.05, 0) is 53.7 Å². The molecule has 0 atom stereocenters. The average Bonchev–Trinajstić information content (AvgIpc) is 3.12. The highest BCUT2D eigenvalue weighted by atomic mass is 35.5. The fourth-order valence-electron chi connectivity index (χ4n) is 2.83. The van der Waals surface area contributed by atoms with Crippen LogP contribution in [0.5, 0.6) is 5.75 Å². The van der Waals surface area contributed by atoms with Crippen molar-refractivity contribution in [3.05, 3.63) is 96.8 Å². The number of nitrogens with zero attached hydrogens (tertiary/aromatic N) is 1. The number of hydrogen-bond acceptors (Lipinski definition) is 4. The number of halogens is 4. The third-order valence-corrected chi connectivity index (χ3v) is 6.85. The molecule has 1 saturated heterocycles. The maximum absolute atomic E-state index is 12.5. The number of amides is 1. The standard InChI is InChI=1S/C23H14Cl4N2O2S/c24-15-9-8-13(10-17(15)26)12-31-19-7-2-1-4-14(19)11-20-22(30)29-23(32-20)28-18-6-3-5-16(25)21(18)27/h1-11H,12H2,(H,28,29,30)/b20-11+. The lowest BCUT2D eigenvalue weighted by Crippen LogP contribution is -2.19. The molecule has 3 aromatic rings. The summed E-state index contributed by atoms with van der Waals surface area (Å²) in [6.45, 7) is 0.302. The van der Waals surface area contributed by atoms with E-state index in [-0.39, 0.29) is 5.91 Å². The second-order valence-electron chi connectivity index (χ2n) is 6.63. The van der Waals surface area contributed by atoms with Crippen LogP contribution >= 0.6 is 58.2 Å². The number of nitrogens with one attached hydrogen (secondary N) is 1. The number of carbonyl (C=O) groups is 1. The van der Waals surface area contributed by atoms with Crippen LogP contribution < -0.4 is 10.1 Å². The Morgan fingerprint density at radius 1 is 0.938 bits per heavy atom. The summed E-state index contributed by atoms with van der Waals surface area (Å²) in [7, 11) is 0. The van der Waals surface area contributed by atoms with Crippen LogP contribution in [0.1, 0.15) is 11.1 Å². The number of benzene rings is 3. The van der Waals surface area contributed by atoms with E-state index in [2.05, 4.69) is 10.3 Å². The molecule has 1 heterocycles. The van der Waals surface area contributed by atoms with Gasteiger partial charge in [0.25, 0.3) is 5.91 Å². The van der Waals surface area contributed by atoms with Crippen molar-refractivity contribution in [3.8, 4) is 5.75 Å². The third kappa shape index (κ3) is 5.42. The van der Waals surface area contributed by atoms with Gasteiger partial charge in [0.2, 0.25) is 0 Å². The molecule has 0 bridgehead atoms. The highest BCUT2D eigenvalue weighted by molar-refractivity contribution is 8.18. The molecule has 1 fully saturated rings. The van der Waals surface area contributed by atoms with E-state index in [4.69, 9.17) is 51.1 Å². The number of thioether (sulfide) groups is 1. The largest absolute Gasteiger partial charge is 0.488 e. The zero-order valence-corrected chi connectivity index (χ0v) is 20.1. The van der Waals surface area contributed by atoms with Gasteiger partial charge in [-0.25, -0.2) is 4.99 Å². The van der Waals surface area contributed by atoms with Gasteiger partial charge in [0, 0.05) is 5.56 Å². The molecule has 32 heavy (non-hydrogen) atoms. The van der Waals surface area contributed by atoms with Crippen molar-refractivity contribution in [2.45, 2.75) is 6.61 Å². The second-order valence-corrected chi connectivity index (χ2v) is 9.26. The number of para-hydroxylation sites is 1. The summed E-state index contributed by atoms with van der Waals surface area (Å²) in [6, 6.07) is 17.9. The first kappa shape index (κ1) is 23.0. The minimum atomic E-state index is -0.258. The van der Waals surface area contributed by atoms with Gasteiger partial charge in [0.05, 0.1) is 30.7 Å². The van der Waals surface area contributed by atoms with Crippen LogP contribution in [-0.2, 0) is 11.4 Å². The van der Waals surface area contributed by atoms with Gasteiger partial charge < -0.3 is 10.1 Å². The molecule has 0 radical (unpaired) electrons. The molecular weight excluding hydrogens is 510 g/mol. The zero-order chi connectivity index (χ0) is 22.7. The van der Waals surface area contributed by atoms with Crippen LogP contribution in [0.3, 0.4) is 0 Å². The lowest BCUT2D eigenvalue weighted by molar-refractivity contribution is -0.115. The fourth-order valence-corrected chi connectivity index (χ4v) is 4.32. The molecule has 1 amide bonds. The number of hydrogen-bond donors (Lipinski definition) is 1. The molecule has 1 aliphatic rings. The Kier molecular flexibility index (Phi) is 7.33. The van der Waals surface area contributed by atoms with E-state index < -0.39 is 0 Å². The van der Waals surface area contributed by atoms with Crippen LogP contribution in [-0.4, -0.2) is 11.1 Å². The van der Waals surface area contributed by atoms with Crippen LogP contribution in [0.15, 0.2) is 70.6 Å². The Labute approximate surface area is 209 Å². The molecular formula is C23H14Cl4N2O2S. The number of amidine groups is 1. The van der Waals surface area contributed by atoms with Gasteiger partial charge in [-0.3, -0.25) is 4.79 Å². The summed E-state index contributed by atoms with van der Waals surface area (Å²) in [5.41, 5.74) is 2.11. The third-order valence-electron chi connectivity index (χ3n) is 4.39. The van der Waals surface area contributed by atoms with Crippen molar-refractivity contribution < 1.29 is 9.53 Å². The summed E-state index contributed by atoms with van der Waals surface area (Å²) in [4.78, 5) is 17.4.